The summed E-state index contributed by atoms with van der Waals surface area (Å²) in [5.41, 5.74) is 0. The zero-order chi connectivity index (χ0) is 5.70. The minimum atomic E-state index is -0.181. The summed E-state index contributed by atoms with van der Waals surface area (Å²) in [6.07, 6.45) is 1.40. The third-order valence-corrected chi connectivity index (χ3v) is 4.44. The predicted octanol–water partition coefficient (Wildman–Crippen LogP) is 1.72. The van der Waals surface area contributed by atoms with Gasteiger partial charge in [0.25, 0.3) is 14.1 Å². The van der Waals surface area contributed by atoms with E-state index in [1.165, 1.54) is 17.0 Å². The Labute approximate surface area is 56.8 Å². The molecule has 0 aromatic carbocycles. The van der Waals surface area contributed by atoms with E-state index in [-0.39, 0.29) is 19.6 Å². The Morgan fingerprint density at radius 3 is 1.88 bits per heavy atom. The molecule has 0 radical (unpaired) electrons. The summed E-state index contributed by atoms with van der Waals surface area (Å²) in [5, 5.41) is 3.02. The smallest absolute Gasteiger partial charge is 0.258 e. The summed E-state index contributed by atoms with van der Waals surface area (Å²) >= 11 is -0.181. The fraction of sp³-hybridized carbons (Fsp3) is 1.00. The maximum atomic E-state index is 2.45. The topological polar surface area (TPSA) is 31.5 Å². The molecule has 0 amide bonds. The van der Waals surface area contributed by atoms with Crippen LogP contribution in [-0.4, -0.2) is 19.6 Å². The van der Waals surface area contributed by atoms with Gasteiger partial charge in [0.05, 0.1) is 0 Å². The van der Waals surface area contributed by atoms with Gasteiger partial charge in [-0.3, -0.25) is 0 Å². The van der Waals surface area contributed by atoms with Crippen LogP contribution in [-0.2, 0) is 0 Å². The van der Waals surface area contributed by atoms with E-state index >= 15 is 0 Å². The Morgan fingerprint density at radius 2 is 1.75 bits per heavy atom. The quantitative estimate of drug-likeness (QED) is 0.523. The van der Waals surface area contributed by atoms with Gasteiger partial charge in [-0.1, -0.05) is 30.8 Å². The molecule has 0 aliphatic carbocycles. The molecule has 0 rings (SSSR count). The van der Waals surface area contributed by atoms with Gasteiger partial charge in [-0.05, 0) is 0 Å². The fourth-order valence-corrected chi connectivity index (χ4v) is 2.09. The SMILES string of the molecule is CC[CH2][Al]([CH3])[CH2]C.O. The van der Waals surface area contributed by atoms with E-state index in [0.29, 0.717) is 0 Å². The minimum Gasteiger partial charge on any atom is -0.412 e. The molecule has 0 spiro atoms. The molecule has 0 aromatic heterocycles. The average Bonchev–Trinajstić information content (AvgIpc) is 1.68. The summed E-state index contributed by atoms with van der Waals surface area (Å²) in [6, 6.07) is 0. The lowest BCUT2D eigenvalue weighted by molar-refractivity contribution is 0.824. The Kier molecular flexibility index (Phi) is 10.6. The number of rotatable bonds is 3. The van der Waals surface area contributed by atoms with Crippen molar-refractivity contribution in [2.24, 2.45) is 0 Å². The lowest BCUT2D eigenvalue weighted by Gasteiger charge is -1.95. The maximum absolute atomic E-state index is 2.45. The van der Waals surface area contributed by atoms with E-state index in [2.05, 4.69) is 19.6 Å². The molecule has 0 saturated carbocycles. The van der Waals surface area contributed by atoms with Gasteiger partial charge in [-0.2, -0.15) is 0 Å². The van der Waals surface area contributed by atoms with Gasteiger partial charge < -0.3 is 5.48 Å². The van der Waals surface area contributed by atoms with Crippen molar-refractivity contribution in [2.45, 2.75) is 36.6 Å². The highest BCUT2D eigenvalue weighted by Gasteiger charge is 2.02. The second kappa shape index (κ2) is 7.49. The molecule has 50 valence electrons. The van der Waals surface area contributed by atoms with Gasteiger partial charge in [0.15, 0.2) is 0 Å². The predicted molar refractivity (Wildman–Crippen MR) is 40.8 cm³/mol. The van der Waals surface area contributed by atoms with Crippen molar-refractivity contribution in [1.29, 1.82) is 0 Å². The van der Waals surface area contributed by atoms with Crippen LogP contribution in [0, 0.1) is 0 Å². The molecule has 0 aromatic rings. The van der Waals surface area contributed by atoms with Crippen LogP contribution in [0.3, 0.4) is 0 Å². The monoisotopic (exact) mass is 132 g/mol. The minimum absolute atomic E-state index is 0. The highest BCUT2D eigenvalue weighted by molar-refractivity contribution is 6.57. The molecular formula is C6H17AlO. The summed E-state index contributed by atoms with van der Waals surface area (Å²) < 4.78 is 0. The molecule has 0 saturated heterocycles. The highest BCUT2D eigenvalue weighted by atomic mass is 27.2. The van der Waals surface area contributed by atoms with Gasteiger partial charge in [0.1, 0.15) is 0 Å². The number of hydrogen-bond acceptors (Lipinski definition) is 0. The average molecular weight is 132 g/mol. The first-order valence-corrected chi connectivity index (χ1v) is 6.10. The molecule has 2 N–H and O–H groups in total. The molecule has 0 aliphatic rings. The number of hydrogen-bond donors (Lipinski definition) is 0. The van der Waals surface area contributed by atoms with Crippen LogP contribution in [0.4, 0.5) is 0 Å². The van der Waals surface area contributed by atoms with Crippen LogP contribution in [0.15, 0.2) is 0 Å². The molecule has 0 atom stereocenters. The van der Waals surface area contributed by atoms with Crippen molar-refractivity contribution in [2.75, 3.05) is 0 Å². The largest absolute Gasteiger partial charge is 0.412 e. The van der Waals surface area contributed by atoms with Crippen molar-refractivity contribution in [3.8, 4) is 0 Å². The van der Waals surface area contributed by atoms with E-state index in [1.54, 1.807) is 0 Å². The first-order chi connectivity index (χ1) is 3.31. The zero-order valence-electron chi connectivity index (χ0n) is 6.20. The molecule has 8 heavy (non-hydrogen) atoms. The second-order valence-corrected chi connectivity index (χ2v) is 5.91. The summed E-state index contributed by atoms with van der Waals surface area (Å²) in [5.74, 6) is 2.45. The van der Waals surface area contributed by atoms with Gasteiger partial charge >= 0.3 is 0 Å². The lowest BCUT2D eigenvalue weighted by atomic mass is 10.6. The van der Waals surface area contributed by atoms with Crippen LogP contribution >= 0.6 is 0 Å². The molecule has 0 aliphatic heterocycles. The zero-order valence-corrected chi connectivity index (χ0v) is 7.35. The molecule has 0 bridgehead atoms. The van der Waals surface area contributed by atoms with Crippen LogP contribution < -0.4 is 0 Å². The Bertz CT molecular complexity index is 39.5. The standard InChI is InChI=1S/C3H7.C2H5.CH3.Al.H2O/c1-3-2;1-2;;;/h1,3H2,2H3;1H2,2H3;1H3;;1H2. The van der Waals surface area contributed by atoms with E-state index in [0.717, 1.165) is 0 Å². The van der Waals surface area contributed by atoms with E-state index in [1.807, 2.05) is 0 Å². The van der Waals surface area contributed by atoms with E-state index < -0.39 is 0 Å². The van der Waals surface area contributed by atoms with Crippen LogP contribution in [0.25, 0.3) is 0 Å². The third kappa shape index (κ3) is 6.49. The second-order valence-electron chi connectivity index (χ2n) is 2.30. The van der Waals surface area contributed by atoms with E-state index in [9.17, 15) is 0 Å². The first kappa shape index (κ1) is 11.3. The van der Waals surface area contributed by atoms with Gasteiger partial charge in [0, 0.05) is 0 Å². The molecule has 0 unspecified atom stereocenters. The van der Waals surface area contributed by atoms with Crippen LogP contribution in [0.5, 0.6) is 0 Å². The van der Waals surface area contributed by atoms with Crippen molar-refractivity contribution < 1.29 is 5.48 Å². The van der Waals surface area contributed by atoms with E-state index in [4.69, 9.17) is 0 Å². The van der Waals surface area contributed by atoms with Gasteiger partial charge in [-0.15, -0.1) is 5.79 Å². The molecule has 2 heteroatoms. The summed E-state index contributed by atoms with van der Waals surface area (Å²) in [7, 11) is 0. The molecule has 0 fully saturated rings. The van der Waals surface area contributed by atoms with Crippen molar-refractivity contribution in [3.05, 3.63) is 0 Å². The van der Waals surface area contributed by atoms with Gasteiger partial charge in [0.2, 0.25) is 0 Å². The molecule has 0 heterocycles. The normalized spacial score (nSPS) is 7.88. The maximum Gasteiger partial charge on any atom is 0.258 e. The Balaban J connectivity index is 0. The van der Waals surface area contributed by atoms with Crippen molar-refractivity contribution >= 4 is 14.1 Å². The Hall–Kier alpha value is 0.492. The van der Waals surface area contributed by atoms with Crippen molar-refractivity contribution in [1.82, 2.24) is 0 Å². The highest BCUT2D eigenvalue weighted by Crippen LogP contribution is 1.99. The lowest BCUT2D eigenvalue weighted by Crippen LogP contribution is -2.01. The first-order valence-electron chi connectivity index (χ1n) is 3.31. The summed E-state index contributed by atoms with van der Waals surface area (Å²) in [6.45, 7) is 4.59. The van der Waals surface area contributed by atoms with Crippen LogP contribution in [0.2, 0.25) is 16.4 Å². The van der Waals surface area contributed by atoms with Crippen molar-refractivity contribution in [3.63, 3.8) is 0 Å². The molecular weight excluding hydrogens is 115 g/mol. The molecule has 1 nitrogen and oxygen atoms in total. The summed E-state index contributed by atoms with van der Waals surface area (Å²) in [4.78, 5) is 0. The third-order valence-electron chi connectivity index (χ3n) is 1.48. The Morgan fingerprint density at radius 1 is 1.25 bits per heavy atom. The van der Waals surface area contributed by atoms with Crippen LogP contribution in [0.1, 0.15) is 20.3 Å². The van der Waals surface area contributed by atoms with Gasteiger partial charge in [-0.25, -0.2) is 0 Å². The fourth-order valence-electron chi connectivity index (χ4n) is 0.697.